The number of nitrogens with one attached hydrogen (secondary N) is 1. The van der Waals surface area contributed by atoms with Crippen LogP contribution in [0.15, 0.2) is 30.3 Å². The van der Waals surface area contributed by atoms with E-state index in [2.05, 4.69) is 29.2 Å². The van der Waals surface area contributed by atoms with E-state index in [9.17, 15) is 9.90 Å². The van der Waals surface area contributed by atoms with E-state index in [4.69, 9.17) is 0 Å². The van der Waals surface area contributed by atoms with Crippen LogP contribution in [0.1, 0.15) is 41.2 Å². The van der Waals surface area contributed by atoms with Crippen molar-refractivity contribution in [3.05, 3.63) is 52.8 Å². The maximum absolute atomic E-state index is 12.7. The van der Waals surface area contributed by atoms with Gasteiger partial charge in [0, 0.05) is 43.4 Å². The lowest BCUT2D eigenvalue weighted by molar-refractivity contribution is 0.0941. The van der Waals surface area contributed by atoms with Crippen LogP contribution in [0.3, 0.4) is 0 Å². The van der Waals surface area contributed by atoms with Crippen LogP contribution < -0.4 is 5.32 Å². The predicted molar refractivity (Wildman–Crippen MR) is 96.2 cm³/mol. The minimum atomic E-state index is -0.151. The van der Waals surface area contributed by atoms with Crippen LogP contribution in [0.2, 0.25) is 0 Å². The van der Waals surface area contributed by atoms with E-state index in [1.807, 2.05) is 30.3 Å². The molecular formula is C19H26N4O2. The van der Waals surface area contributed by atoms with Crippen molar-refractivity contribution in [2.24, 2.45) is 0 Å². The first kappa shape index (κ1) is 17.6. The number of hydrogen-bond acceptors (Lipinski definition) is 4. The summed E-state index contributed by atoms with van der Waals surface area (Å²) in [6.45, 7) is 6.94. The van der Waals surface area contributed by atoms with E-state index < -0.39 is 0 Å². The van der Waals surface area contributed by atoms with Crippen LogP contribution in [0.5, 0.6) is 0 Å². The number of fused-ring (bicyclic) bond motifs is 1. The molecular weight excluding hydrogens is 316 g/mol. The molecule has 0 unspecified atom stereocenters. The van der Waals surface area contributed by atoms with Crippen LogP contribution in [-0.4, -0.2) is 44.9 Å². The SMILES string of the molecule is CC(C)N1CCc2c(c(C(=O)NCc3ccccc3)nn2CCO)C1. The number of amides is 1. The van der Waals surface area contributed by atoms with Gasteiger partial charge >= 0.3 is 0 Å². The molecule has 0 saturated heterocycles. The number of rotatable bonds is 6. The summed E-state index contributed by atoms with van der Waals surface area (Å²) in [5.41, 5.74) is 3.63. The third-order valence-corrected chi connectivity index (χ3v) is 4.72. The smallest absolute Gasteiger partial charge is 0.272 e. The Labute approximate surface area is 148 Å². The van der Waals surface area contributed by atoms with E-state index >= 15 is 0 Å². The van der Waals surface area contributed by atoms with Crippen molar-refractivity contribution in [1.29, 1.82) is 0 Å². The van der Waals surface area contributed by atoms with Gasteiger partial charge in [0.15, 0.2) is 5.69 Å². The van der Waals surface area contributed by atoms with Crippen LogP contribution >= 0.6 is 0 Å². The molecule has 3 rings (SSSR count). The quantitative estimate of drug-likeness (QED) is 0.836. The van der Waals surface area contributed by atoms with Gasteiger partial charge in [0.2, 0.25) is 0 Å². The second-order valence-corrected chi connectivity index (χ2v) is 6.70. The molecule has 0 aliphatic carbocycles. The Morgan fingerprint density at radius 3 is 2.76 bits per heavy atom. The van der Waals surface area contributed by atoms with Gasteiger partial charge in [-0.2, -0.15) is 5.10 Å². The number of benzene rings is 1. The Morgan fingerprint density at radius 1 is 1.32 bits per heavy atom. The molecule has 0 radical (unpaired) electrons. The van der Waals surface area contributed by atoms with Crippen LogP contribution in [-0.2, 0) is 26.1 Å². The van der Waals surface area contributed by atoms with Crippen molar-refractivity contribution in [2.45, 2.75) is 45.9 Å². The van der Waals surface area contributed by atoms with Crippen molar-refractivity contribution >= 4 is 5.91 Å². The molecule has 1 aliphatic rings. The van der Waals surface area contributed by atoms with E-state index in [1.165, 1.54) is 0 Å². The first-order chi connectivity index (χ1) is 12.1. The zero-order chi connectivity index (χ0) is 17.8. The van der Waals surface area contributed by atoms with Gasteiger partial charge in [-0.25, -0.2) is 0 Å². The molecule has 1 amide bonds. The van der Waals surface area contributed by atoms with E-state index in [1.54, 1.807) is 4.68 Å². The number of nitrogens with zero attached hydrogens (tertiary/aromatic N) is 3. The number of aliphatic hydroxyl groups excluding tert-OH is 1. The lowest BCUT2D eigenvalue weighted by Gasteiger charge is -2.30. The van der Waals surface area contributed by atoms with Gasteiger partial charge in [0.05, 0.1) is 13.2 Å². The van der Waals surface area contributed by atoms with Crippen molar-refractivity contribution in [3.8, 4) is 0 Å². The molecule has 0 fully saturated rings. The Hall–Kier alpha value is -2.18. The van der Waals surface area contributed by atoms with Gasteiger partial charge < -0.3 is 10.4 Å². The number of hydrogen-bond donors (Lipinski definition) is 2. The highest BCUT2D eigenvalue weighted by Gasteiger charge is 2.28. The van der Waals surface area contributed by atoms with E-state index in [0.29, 0.717) is 24.8 Å². The standard InChI is InChI=1S/C19H26N4O2/c1-14(2)22-9-8-17-16(13-22)18(21-23(17)10-11-24)19(25)20-12-15-6-4-3-5-7-15/h3-7,14,24H,8-13H2,1-2H3,(H,20,25). The van der Waals surface area contributed by atoms with Crippen LogP contribution in [0, 0.1) is 0 Å². The molecule has 2 heterocycles. The summed E-state index contributed by atoms with van der Waals surface area (Å²) in [5.74, 6) is -0.151. The highest BCUT2D eigenvalue weighted by atomic mass is 16.3. The zero-order valence-corrected chi connectivity index (χ0v) is 14.9. The molecule has 1 aromatic heterocycles. The minimum absolute atomic E-state index is 0.0209. The fourth-order valence-electron chi connectivity index (χ4n) is 3.28. The van der Waals surface area contributed by atoms with Crippen molar-refractivity contribution in [3.63, 3.8) is 0 Å². The molecule has 0 spiro atoms. The Kier molecular flexibility index (Phi) is 5.50. The monoisotopic (exact) mass is 342 g/mol. The molecule has 1 aromatic carbocycles. The third-order valence-electron chi connectivity index (χ3n) is 4.72. The highest BCUT2D eigenvalue weighted by Crippen LogP contribution is 2.24. The summed E-state index contributed by atoms with van der Waals surface area (Å²) < 4.78 is 1.80. The first-order valence-electron chi connectivity index (χ1n) is 8.85. The van der Waals surface area contributed by atoms with Gasteiger partial charge in [-0.05, 0) is 19.4 Å². The van der Waals surface area contributed by atoms with E-state index in [-0.39, 0.29) is 12.5 Å². The van der Waals surface area contributed by atoms with Gasteiger partial charge in [-0.3, -0.25) is 14.4 Å². The van der Waals surface area contributed by atoms with Gasteiger partial charge in [0.25, 0.3) is 5.91 Å². The predicted octanol–water partition coefficient (Wildman–Crippen LogP) is 1.57. The topological polar surface area (TPSA) is 70.4 Å². The fraction of sp³-hybridized carbons (Fsp3) is 0.474. The summed E-state index contributed by atoms with van der Waals surface area (Å²) >= 11 is 0. The van der Waals surface area contributed by atoms with E-state index in [0.717, 1.165) is 36.3 Å². The fourth-order valence-corrected chi connectivity index (χ4v) is 3.28. The molecule has 134 valence electrons. The summed E-state index contributed by atoms with van der Waals surface area (Å²) in [6, 6.07) is 10.3. The second kappa shape index (κ2) is 7.80. The molecule has 2 N–H and O–H groups in total. The molecule has 0 saturated carbocycles. The normalized spacial score (nSPS) is 14.6. The van der Waals surface area contributed by atoms with Crippen molar-refractivity contribution in [2.75, 3.05) is 13.2 Å². The molecule has 6 nitrogen and oxygen atoms in total. The summed E-state index contributed by atoms with van der Waals surface area (Å²) in [4.78, 5) is 15.1. The molecule has 1 aliphatic heterocycles. The summed E-state index contributed by atoms with van der Waals surface area (Å²) in [7, 11) is 0. The largest absolute Gasteiger partial charge is 0.394 e. The minimum Gasteiger partial charge on any atom is -0.394 e. The van der Waals surface area contributed by atoms with Crippen LogP contribution in [0.4, 0.5) is 0 Å². The number of carbonyl (C=O) groups excluding carboxylic acids is 1. The lowest BCUT2D eigenvalue weighted by atomic mass is 10.0. The average Bonchev–Trinajstić information content (AvgIpc) is 2.99. The Balaban J connectivity index is 1.81. The molecule has 2 aromatic rings. The number of aliphatic hydroxyl groups is 1. The molecule has 0 atom stereocenters. The zero-order valence-electron chi connectivity index (χ0n) is 14.9. The molecule has 25 heavy (non-hydrogen) atoms. The lowest BCUT2D eigenvalue weighted by Crippen LogP contribution is -2.37. The maximum Gasteiger partial charge on any atom is 0.272 e. The first-order valence-corrected chi connectivity index (χ1v) is 8.85. The van der Waals surface area contributed by atoms with Crippen molar-refractivity contribution in [1.82, 2.24) is 20.0 Å². The Bertz CT molecular complexity index is 725. The third kappa shape index (κ3) is 3.91. The summed E-state index contributed by atoms with van der Waals surface area (Å²) in [5, 5.41) is 16.8. The average molecular weight is 342 g/mol. The number of carbonyl (C=O) groups is 1. The van der Waals surface area contributed by atoms with Crippen molar-refractivity contribution < 1.29 is 9.90 Å². The molecule has 0 bridgehead atoms. The van der Waals surface area contributed by atoms with Gasteiger partial charge in [-0.1, -0.05) is 30.3 Å². The number of aromatic nitrogens is 2. The second-order valence-electron chi connectivity index (χ2n) is 6.70. The van der Waals surface area contributed by atoms with Crippen LogP contribution in [0.25, 0.3) is 0 Å². The Morgan fingerprint density at radius 2 is 2.08 bits per heavy atom. The molecule has 6 heteroatoms. The maximum atomic E-state index is 12.7. The van der Waals surface area contributed by atoms with Gasteiger partial charge in [0.1, 0.15) is 0 Å². The van der Waals surface area contributed by atoms with Gasteiger partial charge in [-0.15, -0.1) is 0 Å². The summed E-state index contributed by atoms with van der Waals surface area (Å²) in [6.07, 6.45) is 0.854. The highest BCUT2D eigenvalue weighted by molar-refractivity contribution is 5.94.